The summed E-state index contributed by atoms with van der Waals surface area (Å²) >= 11 is 12.1. The Balaban J connectivity index is 2.17. The van der Waals surface area contributed by atoms with Crippen molar-refractivity contribution in [2.24, 2.45) is 11.1 Å². The lowest BCUT2D eigenvalue weighted by Crippen LogP contribution is -2.40. The molecule has 0 saturated carbocycles. The van der Waals surface area contributed by atoms with Gasteiger partial charge in [0.05, 0.1) is 6.61 Å². The summed E-state index contributed by atoms with van der Waals surface area (Å²) < 4.78 is 5.56. The van der Waals surface area contributed by atoms with Crippen LogP contribution in [-0.2, 0) is 11.2 Å². The first-order valence-corrected chi connectivity index (χ1v) is 6.63. The van der Waals surface area contributed by atoms with Gasteiger partial charge in [0.15, 0.2) is 0 Å². The van der Waals surface area contributed by atoms with Gasteiger partial charge in [0.25, 0.3) is 0 Å². The Labute approximate surface area is 112 Å². The van der Waals surface area contributed by atoms with E-state index < -0.39 is 0 Å². The van der Waals surface area contributed by atoms with E-state index in [1.54, 1.807) is 6.07 Å². The van der Waals surface area contributed by atoms with Crippen molar-refractivity contribution in [2.45, 2.75) is 19.3 Å². The second kappa shape index (κ2) is 5.57. The van der Waals surface area contributed by atoms with Crippen molar-refractivity contribution >= 4 is 23.2 Å². The lowest BCUT2D eigenvalue weighted by atomic mass is 9.77. The van der Waals surface area contributed by atoms with Gasteiger partial charge in [-0.25, -0.2) is 0 Å². The zero-order valence-electron chi connectivity index (χ0n) is 9.72. The minimum Gasteiger partial charge on any atom is -0.381 e. The van der Waals surface area contributed by atoms with Crippen LogP contribution in [0, 0.1) is 5.41 Å². The maximum Gasteiger partial charge on any atom is 0.0537 e. The monoisotopic (exact) mass is 273 g/mol. The highest BCUT2D eigenvalue weighted by molar-refractivity contribution is 6.35. The molecule has 1 atom stereocenters. The Morgan fingerprint density at radius 3 is 2.76 bits per heavy atom. The molecule has 1 unspecified atom stereocenters. The van der Waals surface area contributed by atoms with Crippen LogP contribution in [0.5, 0.6) is 0 Å². The van der Waals surface area contributed by atoms with Crippen LogP contribution in [0.25, 0.3) is 0 Å². The lowest BCUT2D eigenvalue weighted by molar-refractivity contribution is -0.00262. The number of nitrogens with two attached hydrogens (primary N) is 1. The van der Waals surface area contributed by atoms with Crippen LogP contribution in [0.3, 0.4) is 0 Å². The maximum absolute atomic E-state index is 6.20. The van der Waals surface area contributed by atoms with Gasteiger partial charge in [-0.05, 0) is 37.0 Å². The summed E-state index contributed by atoms with van der Waals surface area (Å²) in [7, 11) is 0. The van der Waals surface area contributed by atoms with E-state index in [0.717, 1.165) is 43.1 Å². The Bertz CT molecular complexity index is 389. The van der Waals surface area contributed by atoms with Gasteiger partial charge in [0.1, 0.15) is 0 Å². The molecule has 0 spiro atoms. The van der Waals surface area contributed by atoms with Gasteiger partial charge in [-0.15, -0.1) is 0 Å². The fourth-order valence-corrected chi connectivity index (χ4v) is 2.83. The van der Waals surface area contributed by atoms with Crippen LogP contribution in [0.1, 0.15) is 18.4 Å². The normalized spacial score (nSPS) is 24.9. The van der Waals surface area contributed by atoms with Gasteiger partial charge in [-0.3, -0.25) is 0 Å². The Morgan fingerprint density at radius 2 is 2.18 bits per heavy atom. The minimum atomic E-state index is 0.0374. The SMILES string of the molecule is NCC1(Cc2ccc(Cl)cc2Cl)CCCOC1. The molecule has 0 bridgehead atoms. The first-order valence-electron chi connectivity index (χ1n) is 5.87. The molecule has 17 heavy (non-hydrogen) atoms. The molecule has 0 aliphatic carbocycles. The summed E-state index contributed by atoms with van der Waals surface area (Å²) in [5, 5.41) is 1.39. The first kappa shape index (κ1) is 13.2. The van der Waals surface area contributed by atoms with E-state index in [0.29, 0.717) is 11.6 Å². The van der Waals surface area contributed by atoms with Crippen LogP contribution in [0.15, 0.2) is 18.2 Å². The largest absolute Gasteiger partial charge is 0.381 e. The number of rotatable bonds is 3. The van der Waals surface area contributed by atoms with Crippen molar-refractivity contribution in [3.63, 3.8) is 0 Å². The molecule has 1 aromatic carbocycles. The van der Waals surface area contributed by atoms with E-state index in [4.69, 9.17) is 33.7 Å². The fourth-order valence-electron chi connectivity index (χ4n) is 2.35. The van der Waals surface area contributed by atoms with Gasteiger partial charge in [-0.2, -0.15) is 0 Å². The smallest absolute Gasteiger partial charge is 0.0537 e. The summed E-state index contributed by atoms with van der Waals surface area (Å²) in [6.45, 7) is 2.20. The molecule has 4 heteroatoms. The van der Waals surface area contributed by atoms with E-state index in [1.165, 1.54) is 0 Å². The van der Waals surface area contributed by atoms with Crippen molar-refractivity contribution in [1.29, 1.82) is 0 Å². The van der Waals surface area contributed by atoms with Gasteiger partial charge in [0, 0.05) is 28.6 Å². The first-order chi connectivity index (χ1) is 8.15. The maximum atomic E-state index is 6.20. The van der Waals surface area contributed by atoms with Gasteiger partial charge < -0.3 is 10.5 Å². The number of hydrogen-bond acceptors (Lipinski definition) is 2. The molecule has 1 aliphatic heterocycles. The summed E-state index contributed by atoms with van der Waals surface area (Å²) in [5.74, 6) is 0. The second-order valence-electron chi connectivity index (χ2n) is 4.77. The van der Waals surface area contributed by atoms with E-state index in [9.17, 15) is 0 Å². The fraction of sp³-hybridized carbons (Fsp3) is 0.538. The summed E-state index contributed by atoms with van der Waals surface area (Å²) in [5.41, 5.74) is 7.06. The van der Waals surface area contributed by atoms with E-state index in [2.05, 4.69) is 0 Å². The van der Waals surface area contributed by atoms with Crippen LogP contribution in [0.4, 0.5) is 0 Å². The van der Waals surface area contributed by atoms with Crippen LogP contribution in [-0.4, -0.2) is 19.8 Å². The molecule has 1 heterocycles. The number of benzene rings is 1. The molecule has 0 amide bonds. The van der Waals surface area contributed by atoms with Crippen molar-refractivity contribution in [3.8, 4) is 0 Å². The van der Waals surface area contributed by atoms with Crippen molar-refractivity contribution in [3.05, 3.63) is 33.8 Å². The average molecular weight is 274 g/mol. The highest BCUT2D eigenvalue weighted by Gasteiger charge is 2.32. The highest BCUT2D eigenvalue weighted by Crippen LogP contribution is 2.34. The van der Waals surface area contributed by atoms with Crippen LogP contribution in [0.2, 0.25) is 10.0 Å². The van der Waals surface area contributed by atoms with Crippen molar-refractivity contribution in [2.75, 3.05) is 19.8 Å². The molecule has 94 valence electrons. The molecular formula is C13H17Cl2NO. The third-order valence-corrected chi connectivity index (χ3v) is 4.00. The van der Waals surface area contributed by atoms with Gasteiger partial charge in [-0.1, -0.05) is 29.3 Å². The Morgan fingerprint density at radius 1 is 1.35 bits per heavy atom. The zero-order valence-corrected chi connectivity index (χ0v) is 11.2. The molecule has 1 aromatic rings. The number of halogens is 2. The molecule has 0 aromatic heterocycles. The summed E-state index contributed by atoms with van der Waals surface area (Å²) in [6.07, 6.45) is 3.03. The topological polar surface area (TPSA) is 35.2 Å². The van der Waals surface area contributed by atoms with E-state index in [1.807, 2.05) is 12.1 Å². The minimum absolute atomic E-state index is 0.0374. The van der Waals surface area contributed by atoms with E-state index >= 15 is 0 Å². The predicted molar refractivity (Wildman–Crippen MR) is 71.7 cm³/mol. The third-order valence-electron chi connectivity index (χ3n) is 3.42. The molecule has 0 radical (unpaired) electrons. The third kappa shape index (κ3) is 3.14. The zero-order chi connectivity index (χ0) is 12.3. The number of ether oxygens (including phenoxy) is 1. The second-order valence-corrected chi connectivity index (χ2v) is 5.62. The van der Waals surface area contributed by atoms with Crippen LogP contribution >= 0.6 is 23.2 Å². The molecule has 1 fully saturated rings. The average Bonchev–Trinajstić information content (AvgIpc) is 2.34. The van der Waals surface area contributed by atoms with Gasteiger partial charge >= 0.3 is 0 Å². The molecule has 1 saturated heterocycles. The molecule has 2 rings (SSSR count). The molecular weight excluding hydrogens is 257 g/mol. The summed E-state index contributed by atoms with van der Waals surface area (Å²) in [4.78, 5) is 0. The molecule has 1 aliphatic rings. The Hall–Kier alpha value is -0.280. The highest BCUT2D eigenvalue weighted by atomic mass is 35.5. The lowest BCUT2D eigenvalue weighted by Gasteiger charge is -2.36. The molecule has 2 N–H and O–H groups in total. The van der Waals surface area contributed by atoms with Gasteiger partial charge in [0.2, 0.25) is 0 Å². The molecule has 2 nitrogen and oxygen atoms in total. The van der Waals surface area contributed by atoms with E-state index in [-0.39, 0.29) is 5.41 Å². The quantitative estimate of drug-likeness (QED) is 0.917. The Kier molecular flexibility index (Phi) is 4.31. The van der Waals surface area contributed by atoms with Crippen molar-refractivity contribution in [1.82, 2.24) is 0 Å². The van der Waals surface area contributed by atoms with Crippen molar-refractivity contribution < 1.29 is 4.74 Å². The van der Waals surface area contributed by atoms with Crippen LogP contribution < -0.4 is 5.73 Å². The standard InChI is InChI=1S/C13H17Cl2NO/c14-11-3-2-10(12(15)6-11)7-13(8-16)4-1-5-17-9-13/h2-3,6H,1,4-5,7-9,16H2. The summed E-state index contributed by atoms with van der Waals surface area (Å²) in [6, 6.07) is 5.64. The number of hydrogen-bond donors (Lipinski definition) is 1. The predicted octanol–water partition coefficient (Wildman–Crippen LogP) is 3.29.